The Bertz CT molecular complexity index is 737. The summed E-state index contributed by atoms with van der Waals surface area (Å²) in [6, 6.07) is 1.02. The first-order valence-electron chi connectivity index (χ1n) is 9.45. The van der Waals surface area contributed by atoms with Crippen LogP contribution in [0.15, 0.2) is 6.07 Å². The maximum atomic E-state index is 13.6. The van der Waals surface area contributed by atoms with Crippen molar-refractivity contribution in [3.05, 3.63) is 23.0 Å². The average Bonchev–Trinajstić information content (AvgIpc) is 2.73. The molecule has 156 valence electrons. The highest BCUT2D eigenvalue weighted by Gasteiger charge is 2.53. The van der Waals surface area contributed by atoms with Gasteiger partial charge in [-0.15, -0.1) is 0 Å². The SMILES string of the molecule is Cc1nc(C2CCC(F)(F)CC2)c(B2OC(C)(C)C(C)(C)O2)cc1C(F)(F)F. The Kier molecular flexibility index (Phi) is 5.11. The van der Waals surface area contributed by atoms with Gasteiger partial charge in [-0.05, 0) is 53.5 Å². The summed E-state index contributed by atoms with van der Waals surface area (Å²) in [7, 11) is -1.03. The molecular weight excluding hydrogens is 380 g/mol. The van der Waals surface area contributed by atoms with Crippen LogP contribution < -0.4 is 5.46 Å². The third-order valence-corrected chi connectivity index (χ3v) is 6.19. The molecule has 0 atom stereocenters. The fourth-order valence-electron chi connectivity index (χ4n) is 3.73. The molecule has 1 saturated carbocycles. The van der Waals surface area contributed by atoms with E-state index in [1.807, 2.05) is 0 Å². The van der Waals surface area contributed by atoms with Gasteiger partial charge < -0.3 is 9.31 Å². The highest BCUT2D eigenvalue weighted by atomic mass is 19.4. The van der Waals surface area contributed by atoms with Crippen LogP contribution in [-0.4, -0.2) is 29.2 Å². The van der Waals surface area contributed by atoms with Gasteiger partial charge in [0.2, 0.25) is 5.92 Å². The van der Waals surface area contributed by atoms with E-state index in [4.69, 9.17) is 9.31 Å². The van der Waals surface area contributed by atoms with Crippen LogP contribution in [0.4, 0.5) is 22.0 Å². The normalized spacial score (nSPS) is 24.6. The van der Waals surface area contributed by atoms with Crippen LogP contribution in [0.2, 0.25) is 0 Å². The number of alkyl halides is 5. The van der Waals surface area contributed by atoms with Gasteiger partial charge in [0, 0.05) is 35.6 Å². The summed E-state index contributed by atoms with van der Waals surface area (Å²) >= 11 is 0. The van der Waals surface area contributed by atoms with E-state index in [0.717, 1.165) is 6.07 Å². The Morgan fingerprint density at radius 3 is 2.00 bits per heavy atom. The smallest absolute Gasteiger partial charge is 0.399 e. The minimum atomic E-state index is -4.58. The Labute approximate surface area is 162 Å². The third-order valence-electron chi connectivity index (χ3n) is 6.19. The predicted molar refractivity (Wildman–Crippen MR) is 95.8 cm³/mol. The van der Waals surface area contributed by atoms with Crippen molar-refractivity contribution in [3.63, 3.8) is 0 Å². The molecule has 0 unspecified atom stereocenters. The third kappa shape index (κ3) is 3.92. The number of nitrogens with zero attached hydrogens (tertiary/aromatic N) is 1. The minimum Gasteiger partial charge on any atom is -0.399 e. The molecule has 0 bridgehead atoms. The van der Waals surface area contributed by atoms with Crippen molar-refractivity contribution in [2.75, 3.05) is 0 Å². The molecule has 1 aliphatic carbocycles. The highest BCUT2D eigenvalue weighted by Crippen LogP contribution is 2.42. The monoisotopic (exact) mass is 405 g/mol. The molecule has 28 heavy (non-hydrogen) atoms. The van der Waals surface area contributed by atoms with Crippen molar-refractivity contribution in [1.82, 2.24) is 4.98 Å². The fraction of sp³-hybridized carbons (Fsp3) is 0.737. The lowest BCUT2D eigenvalue weighted by molar-refractivity contribution is -0.138. The Hall–Kier alpha value is -1.22. The van der Waals surface area contributed by atoms with Gasteiger partial charge in [0.15, 0.2) is 0 Å². The van der Waals surface area contributed by atoms with Crippen molar-refractivity contribution in [1.29, 1.82) is 0 Å². The van der Waals surface area contributed by atoms with Crippen LogP contribution in [0.25, 0.3) is 0 Å². The summed E-state index contributed by atoms with van der Waals surface area (Å²) < 4.78 is 79.5. The van der Waals surface area contributed by atoms with E-state index in [9.17, 15) is 22.0 Å². The molecule has 2 fully saturated rings. The molecule has 3 nitrogen and oxygen atoms in total. The Balaban J connectivity index is 2.06. The summed E-state index contributed by atoms with van der Waals surface area (Å²) in [5.41, 5.74) is -1.94. The van der Waals surface area contributed by atoms with Gasteiger partial charge in [0.05, 0.1) is 16.8 Å². The van der Waals surface area contributed by atoms with Gasteiger partial charge in [-0.3, -0.25) is 4.98 Å². The van der Waals surface area contributed by atoms with Crippen LogP contribution in [0, 0.1) is 6.92 Å². The van der Waals surface area contributed by atoms with Crippen molar-refractivity contribution < 1.29 is 31.3 Å². The molecule has 0 radical (unpaired) electrons. The van der Waals surface area contributed by atoms with Crippen molar-refractivity contribution >= 4 is 12.6 Å². The highest BCUT2D eigenvalue weighted by molar-refractivity contribution is 6.62. The summed E-state index contributed by atoms with van der Waals surface area (Å²) in [6.07, 6.45) is -4.85. The van der Waals surface area contributed by atoms with Crippen LogP contribution in [0.3, 0.4) is 0 Å². The summed E-state index contributed by atoms with van der Waals surface area (Å²) in [6.45, 7) is 8.51. The van der Waals surface area contributed by atoms with E-state index in [1.54, 1.807) is 27.7 Å². The van der Waals surface area contributed by atoms with E-state index < -0.39 is 36.0 Å². The van der Waals surface area contributed by atoms with E-state index in [2.05, 4.69) is 4.98 Å². The summed E-state index contributed by atoms with van der Waals surface area (Å²) in [4.78, 5) is 4.23. The van der Waals surface area contributed by atoms with Gasteiger partial charge in [-0.1, -0.05) is 0 Å². The topological polar surface area (TPSA) is 31.4 Å². The van der Waals surface area contributed by atoms with Crippen LogP contribution in [0.1, 0.15) is 76.2 Å². The van der Waals surface area contributed by atoms with Crippen LogP contribution in [0.5, 0.6) is 0 Å². The fourth-order valence-corrected chi connectivity index (χ4v) is 3.73. The van der Waals surface area contributed by atoms with Crippen molar-refractivity contribution in [2.45, 2.75) is 89.5 Å². The van der Waals surface area contributed by atoms with Crippen molar-refractivity contribution in [2.24, 2.45) is 0 Å². The molecule has 1 aromatic heterocycles. The number of halogens is 5. The van der Waals surface area contributed by atoms with Gasteiger partial charge in [0.1, 0.15) is 0 Å². The molecule has 0 amide bonds. The number of rotatable bonds is 2. The second-order valence-corrected chi connectivity index (χ2v) is 8.81. The first kappa shape index (κ1) is 21.5. The first-order valence-corrected chi connectivity index (χ1v) is 9.45. The molecule has 0 N–H and O–H groups in total. The molecule has 2 heterocycles. The van der Waals surface area contributed by atoms with E-state index in [-0.39, 0.29) is 42.8 Å². The molecule has 3 rings (SSSR count). The molecule has 0 spiro atoms. The second kappa shape index (κ2) is 6.66. The van der Waals surface area contributed by atoms with E-state index >= 15 is 0 Å². The minimum absolute atomic E-state index is 0.164. The molecule has 2 aliphatic rings. The molecule has 9 heteroatoms. The lowest BCUT2D eigenvalue weighted by atomic mass is 9.71. The number of hydrogen-bond acceptors (Lipinski definition) is 3. The lowest BCUT2D eigenvalue weighted by Crippen LogP contribution is -2.41. The number of aryl methyl sites for hydroxylation is 1. The maximum absolute atomic E-state index is 13.6. The Morgan fingerprint density at radius 2 is 1.54 bits per heavy atom. The zero-order chi connectivity index (χ0) is 21.1. The van der Waals surface area contributed by atoms with Crippen LogP contribution in [-0.2, 0) is 15.5 Å². The molecule has 1 aliphatic heterocycles. The summed E-state index contributed by atoms with van der Waals surface area (Å²) in [5.74, 6) is -3.09. The average molecular weight is 405 g/mol. The van der Waals surface area contributed by atoms with Gasteiger partial charge in [-0.2, -0.15) is 13.2 Å². The summed E-state index contributed by atoms with van der Waals surface area (Å²) in [5, 5.41) is 0. The number of pyridine rings is 1. The van der Waals surface area contributed by atoms with Gasteiger partial charge in [0.25, 0.3) is 0 Å². The molecule has 1 saturated heterocycles. The predicted octanol–water partition coefficient (Wildman–Crippen LogP) is 5.00. The van der Waals surface area contributed by atoms with Gasteiger partial charge >= 0.3 is 13.3 Å². The van der Waals surface area contributed by atoms with E-state index in [1.165, 1.54) is 6.92 Å². The zero-order valence-electron chi connectivity index (χ0n) is 16.7. The maximum Gasteiger partial charge on any atom is 0.496 e. The standard InChI is InChI=1S/C19H25BF5NO2/c1-11-13(19(23,24)25)10-14(20-27-16(2,3)17(4,5)28-20)15(26-11)12-6-8-18(21,22)9-7-12/h10,12H,6-9H2,1-5H3. The Morgan fingerprint density at radius 1 is 1.04 bits per heavy atom. The molecular formula is C19H25BF5NO2. The first-order chi connectivity index (χ1) is 12.6. The van der Waals surface area contributed by atoms with Crippen LogP contribution >= 0.6 is 0 Å². The lowest BCUT2D eigenvalue weighted by Gasteiger charge is -2.32. The zero-order valence-corrected chi connectivity index (χ0v) is 16.7. The van der Waals surface area contributed by atoms with Crippen molar-refractivity contribution in [3.8, 4) is 0 Å². The molecule has 0 aromatic carbocycles. The van der Waals surface area contributed by atoms with E-state index in [0.29, 0.717) is 5.69 Å². The van der Waals surface area contributed by atoms with Gasteiger partial charge in [-0.25, -0.2) is 8.78 Å². The number of hydrogen-bond donors (Lipinski definition) is 0. The quantitative estimate of drug-likeness (QED) is 0.513. The second-order valence-electron chi connectivity index (χ2n) is 8.81. The molecule has 1 aromatic rings. The number of aromatic nitrogens is 1. The largest absolute Gasteiger partial charge is 0.496 e.